The van der Waals surface area contributed by atoms with Crippen LogP contribution in [-0.4, -0.2) is 66.3 Å². The second kappa shape index (κ2) is 11.9. The first-order chi connectivity index (χ1) is 17.4. The average Bonchev–Trinajstić information content (AvgIpc) is 3.13. The lowest BCUT2D eigenvalue weighted by molar-refractivity contribution is -0.139. The number of morpholine rings is 1. The lowest BCUT2D eigenvalue weighted by Gasteiger charge is -2.28. The van der Waals surface area contributed by atoms with E-state index < -0.39 is 11.1 Å². The molecule has 0 aromatic heterocycles. The highest BCUT2D eigenvalue weighted by atomic mass is 79.9. The topological polar surface area (TPSA) is 85.4 Å². The first kappa shape index (κ1) is 26.2. The molecule has 190 valence electrons. The smallest absolute Gasteiger partial charge is 0.294 e. The fourth-order valence-corrected chi connectivity index (χ4v) is 5.10. The third-order valence-electron chi connectivity index (χ3n) is 5.66. The van der Waals surface area contributed by atoms with E-state index in [9.17, 15) is 14.4 Å². The predicted molar refractivity (Wildman–Crippen MR) is 141 cm³/mol. The lowest BCUT2D eigenvalue weighted by Crippen LogP contribution is -2.46. The zero-order chi connectivity index (χ0) is 25.7. The van der Waals surface area contributed by atoms with Crippen molar-refractivity contribution in [3.8, 4) is 11.5 Å². The maximum Gasteiger partial charge on any atom is 0.294 e. The zero-order valence-electron chi connectivity index (χ0n) is 20.1. The van der Waals surface area contributed by atoms with E-state index in [1.807, 2.05) is 32.0 Å². The van der Waals surface area contributed by atoms with E-state index in [0.29, 0.717) is 61.1 Å². The molecular weight excluding hydrogens is 548 g/mol. The third-order valence-corrected chi connectivity index (χ3v) is 7.25. The zero-order valence-corrected chi connectivity index (χ0v) is 22.5. The maximum absolute atomic E-state index is 13.0. The van der Waals surface area contributed by atoms with Crippen LogP contribution in [0, 0.1) is 6.92 Å². The van der Waals surface area contributed by atoms with Crippen LogP contribution in [0.4, 0.5) is 4.79 Å². The number of halogens is 1. The van der Waals surface area contributed by atoms with E-state index in [1.54, 1.807) is 23.1 Å². The van der Waals surface area contributed by atoms with Gasteiger partial charge in [0.2, 0.25) is 5.91 Å². The SMILES string of the molecule is CCOc1cc(/C=C2/SC(=O)N(CC(=O)N3CCOCC3)C2=O)c(Br)cc1OCc1cccc(C)c1. The number of hydrogen-bond donors (Lipinski definition) is 0. The van der Waals surface area contributed by atoms with Gasteiger partial charge in [-0.2, -0.15) is 0 Å². The number of imide groups is 1. The van der Waals surface area contributed by atoms with Crippen LogP contribution in [0.5, 0.6) is 11.5 Å². The Morgan fingerprint density at radius 3 is 2.61 bits per heavy atom. The molecule has 2 heterocycles. The normalized spacial score (nSPS) is 17.1. The van der Waals surface area contributed by atoms with Gasteiger partial charge in [-0.3, -0.25) is 19.3 Å². The Hall–Kier alpha value is -2.82. The molecule has 0 aliphatic carbocycles. The average molecular weight is 575 g/mol. The van der Waals surface area contributed by atoms with Crippen LogP contribution in [0.25, 0.3) is 6.08 Å². The van der Waals surface area contributed by atoms with Crippen molar-refractivity contribution in [2.24, 2.45) is 0 Å². The molecule has 0 radical (unpaired) electrons. The minimum atomic E-state index is -0.490. The summed E-state index contributed by atoms with van der Waals surface area (Å²) in [5.41, 5.74) is 2.85. The first-order valence-electron chi connectivity index (χ1n) is 11.6. The molecule has 2 aromatic rings. The summed E-state index contributed by atoms with van der Waals surface area (Å²) in [5, 5.41) is -0.466. The monoisotopic (exact) mass is 574 g/mol. The van der Waals surface area contributed by atoms with Crippen LogP contribution in [0.1, 0.15) is 23.6 Å². The van der Waals surface area contributed by atoms with Crippen LogP contribution in [0.2, 0.25) is 0 Å². The summed E-state index contributed by atoms with van der Waals surface area (Å²) in [6.07, 6.45) is 1.63. The number of thioether (sulfide) groups is 1. The molecule has 2 aromatic carbocycles. The Balaban J connectivity index is 1.50. The van der Waals surface area contributed by atoms with Crippen molar-refractivity contribution in [2.45, 2.75) is 20.5 Å². The molecule has 4 rings (SSSR count). The molecule has 0 bridgehead atoms. The van der Waals surface area contributed by atoms with Crippen molar-refractivity contribution in [2.75, 3.05) is 39.5 Å². The van der Waals surface area contributed by atoms with Crippen LogP contribution >= 0.6 is 27.7 Å². The van der Waals surface area contributed by atoms with Gasteiger partial charge in [0.15, 0.2) is 11.5 Å². The van der Waals surface area contributed by atoms with Crippen molar-refractivity contribution in [3.05, 3.63) is 62.5 Å². The minimum absolute atomic E-state index is 0.242. The van der Waals surface area contributed by atoms with Gasteiger partial charge in [0, 0.05) is 17.6 Å². The number of carbonyl (C=O) groups is 3. The third kappa shape index (κ3) is 6.29. The van der Waals surface area contributed by atoms with Crippen LogP contribution < -0.4 is 9.47 Å². The molecule has 2 saturated heterocycles. The summed E-state index contributed by atoms with van der Waals surface area (Å²) in [4.78, 5) is 40.9. The first-order valence-corrected chi connectivity index (χ1v) is 13.2. The highest BCUT2D eigenvalue weighted by Crippen LogP contribution is 2.38. The summed E-state index contributed by atoms with van der Waals surface area (Å²) >= 11 is 4.36. The van der Waals surface area contributed by atoms with Crippen molar-refractivity contribution < 1.29 is 28.6 Å². The van der Waals surface area contributed by atoms with E-state index in [4.69, 9.17) is 14.2 Å². The van der Waals surface area contributed by atoms with Gasteiger partial charge < -0.3 is 19.1 Å². The van der Waals surface area contributed by atoms with Crippen molar-refractivity contribution in [1.82, 2.24) is 9.80 Å². The second-order valence-corrected chi connectivity index (χ2v) is 10.1. The summed E-state index contributed by atoms with van der Waals surface area (Å²) in [5.74, 6) is 0.334. The van der Waals surface area contributed by atoms with E-state index in [0.717, 1.165) is 27.8 Å². The molecule has 2 aliphatic rings. The number of aryl methyl sites for hydroxylation is 1. The van der Waals surface area contributed by atoms with Crippen molar-refractivity contribution in [3.63, 3.8) is 0 Å². The molecule has 0 atom stereocenters. The molecule has 3 amide bonds. The summed E-state index contributed by atoms with van der Waals surface area (Å²) in [6, 6.07) is 11.6. The number of amides is 3. The summed E-state index contributed by atoms with van der Waals surface area (Å²) in [7, 11) is 0. The molecule has 10 heteroatoms. The second-order valence-electron chi connectivity index (χ2n) is 8.29. The molecular formula is C26H27BrN2O6S. The van der Waals surface area contributed by atoms with Crippen molar-refractivity contribution >= 4 is 50.8 Å². The number of benzene rings is 2. The molecule has 2 fully saturated rings. The van der Waals surface area contributed by atoms with Gasteiger partial charge in [0.1, 0.15) is 13.2 Å². The highest BCUT2D eigenvalue weighted by molar-refractivity contribution is 9.10. The Labute approximate surface area is 222 Å². The standard InChI is InChI=1S/C26H27BrN2O6S/c1-3-34-21-12-19(20(27)14-22(21)35-16-18-6-4-5-17(2)11-18)13-23-25(31)29(26(32)36-23)15-24(30)28-7-9-33-10-8-28/h4-6,11-14H,3,7-10,15-16H2,1-2H3/b23-13+. The number of ether oxygens (including phenoxy) is 3. The van der Waals surface area contributed by atoms with Crippen LogP contribution in [0.3, 0.4) is 0 Å². The van der Waals surface area contributed by atoms with Gasteiger partial charge in [-0.15, -0.1) is 0 Å². The van der Waals surface area contributed by atoms with Gasteiger partial charge in [0.25, 0.3) is 11.1 Å². The van der Waals surface area contributed by atoms with Crippen LogP contribution in [-0.2, 0) is 20.9 Å². The fourth-order valence-electron chi connectivity index (χ4n) is 3.83. The molecule has 0 unspecified atom stereocenters. The molecule has 0 spiro atoms. The van der Waals surface area contributed by atoms with E-state index >= 15 is 0 Å². The quantitative estimate of drug-likeness (QED) is 0.425. The number of hydrogen-bond acceptors (Lipinski definition) is 7. The summed E-state index contributed by atoms with van der Waals surface area (Å²) < 4.78 is 17.8. The van der Waals surface area contributed by atoms with Crippen molar-refractivity contribution in [1.29, 1.82) is 0 Å². The fraction of sp³-hybridized carbons (Fsp3) is 0.346. The van der Waals surface area contributed by atoms with E-state index in [1.165, 1.54) is 0 Å². The Morgan fingerprint density at radius 2 is 1.89 bits per heavy atom. The maximum atomic E-state index is 13.0. The van der Waals surface area contributed by atoms with Gasteiger partial charge in [0.05, 0.1) is 24.7 Å². The lowest BCUT2D eigenvalue weighted by atomic mass is 10.1. The van der Waals surface area contributed by atoms with Gasteiger partial charge >= 0.3 is 0 Å². The Morgan fingerprint density at radius 1 is 1.14 bits per heavy atom. The van der Waals surface area contributed by atoms with Gasteiger partial charge in [-0.25, -0.2) is 0 Å². The van der Waals surface area contributed by atoms with Gasteiger partial charge in [-0.05, 0) is 54.9 Å². The molecule has 0 saturated carbocycles. The largest absolute Gasteiger partial charge is 0.490 e. The Bertz CT molecular complexity index is 1190. The minimum Gasteiger partial charge on any atom is -0.490 e. The van der Waals surface area contributed by atoms with E-state index in [2.05, 4.69) is 22.0 Å². The number of carbonyl (C=O) groups excluding carboxylic acids is 3. The molecule has 36 heavy (non-hydrogen) atoms. The van der Waals surface area contributed by atoms with E-state index in [-0.39, 0.29) is 17.4 Å². The summed E-state index contributed by atoms with van der Waals surface area (Å²) in [6.45, 7) is 6.25. The molecule has 0 N–H and O–H groups in total. The van der Waals surface area contributed by atoms with Crippen LogP contribution in [0.15, 0.2) is 45.8 Å². The van der Waals surface area contributed by atoms with Gasteiger partial charge in [-0.1, -0.05) is 45.8 Å². The highest BCUT2D eigenvalue weighted by Gasteiger charge is 2.37. The molecule has 2 aliphatic heterocycles. The number of rotatable bonds is 8. The number of nitrogens with zero attached hydrogens (tertiary/aromatic N) is 2. The Kier molecular flexibility index (Phi) is 8.71. The molecule has 8 nitrogen and oxygen atoms in total. The predicted octanol–water partition coefficient (Wildman–Crippen LogP) is 4.63.